The molecule has 0 aliphatic carbocycles. The van der Waals surface area contributed by atoms with Crippen molar-refractivity contribution in [3.8, 4) is 0 Å². The van der Waals surface area contributed by atoms with Crippen molar-refractivity contribution >= 4 is 20.1 Å². The largest absolute Gasteiger partial charge is 0.297 e. The first-order chi connectivity index (χ1) is 13.8. The first-order valence-corrected chi connectivity index (χ1v) is 12.7. The fourth-order valence-electron chi connectivity index (χ4n) is 4.02. The molecule has 0 aromatic heterocycles. The maximum Gasteiger partial charge on any atom is 0.297 e. The predicted octanol–water partition coefficient (Wildman–Crippen LogP) is 3.95. The minimum Gasteiger partial charge on any atom is -0.265 e. The third kappa shape index (κ3) is 5.11. The van der Waals surface area contributed by atoms with Crippen LogP contribution in [0.4, 0.5) is 0 Å². The molecule has 0 aliphatic rings. The zero-order valence-electron chi connectivity index (χ0n) is 18.7. The lowest BCUT2D eigenvalue weighted by molar-refractivity contribution is 0.279. The van der Waals surface area contributed by atoms with Crippen molar-refractivity contribution in [2.24, 2.45) is 0 Å². The molecule has 0 heterocycles. The Bertz CT molecular complexity index is 1110. The number of likely N-dealkylation sites (N-methyl/N-ethyl adjacent to an activating group) is 1. The molecule has 30 heavy (non-hydrogen) atoms. The van der Waals surface area contributed by atoms with E-state index in [0.717, 1.165) is 11.1 Å². The Morgan fingerprint density at radius 3 is 1.53 bits per heavy atom. The van der Waals surface area contributed by atoms with Crippen molar-refractivity contribution in [2.75, 3.05) is 19.7 Å². The minimum absolute atomic E-state index is 0.0607. The maximum atomic E-state index is 13.2. The van der Waals surface area contributed by atoms with Crippen LogP contribution in [0.5, 0.6) is 0 Å². The molecule has 0 unspecified atom stereocenters. The van der Waals surface area contributed by atoms with Gasteiger partial charge in [-0.3, -0.25) is 4.18 Å². The van der Waals surface area contributed by atoms with Gasteiger partial charge < -0.3 is 0 Å². The van der Waals surface area contributed by atoms with E-state index in [0.29, 0.717) is 22.3 Å². The Morgan fingerprint density at radius 1 is 0.733 bits per heavy atom. The second-order valence-electron chi connectivity index (χ2n) is 7.73. The van der Waals surface area contributed by atoms with Crippen LogP contribution >= 0.6 is 0 Å². The Labute approximate surface area is 181 Å². The summed E-state index contributed by atoms with van der Waals surface area (Å²) in [6.07, 6.45) is 0. The van der Waals surface area contributed by atoms with Gasteiger partial charge in [-0.25, -0.2) is 8.42 Å². The summed E-state index contributed by atoms with van der Waals surface area (Å²) in [6.45, 7) is 12.4. The van der Waals surface area contributed by atoms with E-state index in [1.165, 1.54) is 4.31 Å². The zero-order chi connectivity index (χ0) is 22.9. The van der Waals surface area contributed by atoms with Gasteiger partial charge in [-0.15, -0.1) is 0 Å². The number of rotatable bonds is 8. The molecule has 2 rings (SSSR count). The molecule has 0 saturated carbocycles. The van der Waals surface area contributed by atoms with Gasteiger partial charge in [0.05, 0.1) is 16.4 Å². The van der Waals surface area contributed by atoms with Gasteiger partial charge in [0, 0.05) is 13.1 Å². The molecule has 166 valence electrons. The smallest absolute Gasteiger partial charge is 0.265 e. The maximum absolute atomic E-state index is 13.2. The lowest BCUT2D eigenvalue weighted by atomic mass is 10.1. The van der Waals surface area contributed by atoms with Crippen LogP contribution in [-0.4, -0.2) is 40.8 Å². The van der Waals surface area contributed by atoms with Crippen LogP contribution in [0.1, 0.15) is 40.3 Å². The third-order valence-electron chi connectivity index (χ3n) is 4.99. The van der Waals surface area contributed by atoms with Gasteiger partial charge in [-0.1, -0.05) is 42.3 Å². The van der Waals surface area contributed by atoms with E-state index >= 15 is 0 Å². The first-order valence-electron chi connectivity index (χ1n) is 9.86. The fourth-order valence-corrected chi connectivity index (χ4v) is 7.18. The van der Waals surface area contributed by atoms with Crippen LogP contribution in [0.2, 0.25) is 0 Å². The quantitative estimate of drug-likeness (QED) is 0.565. The van der Waals surface area contributed by atoms with Crippen LogP contribution in [0.25, 0.3) is 0 Å². The van der Waals surface area contributed by atoms with Crippen molar-refractivity contribution in [1.82, 2.24) is 4.31 Å². The molecule has 0 amide bonds. The Morgan fingerprint density at radius 2 is 1.13 bits per heavy atom. The van der Waals surface area contributed by atoms with Crippen LogP contribution in [0.15, 0.2) is 34.1 Å². The zero-order valence-corrected chi connectivity index (χ0v) is 20.4. The lowest BCUT2D eigenvalue weighted by Gasteiger charge is -2.23. The normalized spacial score (nSPS) is 12.5. The molecule has 2 aromatic rings. The standard InChI is InChI=1S/C22H31NO5S2/c1-8-23(29(24,25)21-17(4)11-15(2)12-18(21)5)9-10-28-30(26,27)22-19(6)13-16(3)14-20(22)7/h11-14H,8-10H2,1-7H3. The third-order valence-corrected chi connectivity index (χ3v) is 8.89. The second kappa shape index (κ2) is 9.18. The van der Waals surface area contributed by atoms with Crippen molar-refractivity contribution in [1.29, 1.82) is 0 Å². The summed E-state index contributed by atoms with van der Waals surface area (Å²) in [5.41, 5.74) is 4.52. The van der Waals surface area contributed by atoms with Crippen molar-refractivity contribution in [3.63, 3.8) is 0 Å². The molecule has 0 bridgehead atoms. The number of nitrogens with zero attached hydrogens (tertiary/aromatic N) is 1. The molecule has 0 aliphatic heterocycles. The minimum atomic E-state index is -4.00. The molecule has 0 radical (unpaired) electrons. The van der Waals surface area contributed by atoms with Crippen molar-refractivity contribution in [2.45, 2.75) is 58.3 Å². The molecule has 0 spiro atoms. The summed E-state index contributed by atoms with van der Waals surface area (Å²) in [5.74, 6) is 0. The molecule has 8 heteroatoms. The van der Waals surface area contributed by atoms with E-state index in [2.05, 4.69) is 0 Å². The van der Waals surface area contributed by atoms with E-state index in [4.69, 9.17) is 4.18 Å². The highest BCUT2D eigenvalue weighted by Crippen LogP contribution is 2.26. The summed E-state index contributed by atoms with van der Waals surface area (Å²) >= 11 is 0. The molecular weight excluding hydrogens is 422 g/mol. The molecule has 0 saturated heterocycles. The van der Waals surface area contributed by atoms with Gasteiger partial charge in [0.1, 0.15) is 0 Å². The van der Waals surface area contributed by atoms with Gasteiger partial charge in [0.15, 0.2) is 0 Å². The second-order valence-corrected chi connectivity index (χ2v) is 11.2. The predicted molar refractivity (Wildman–Crippen MR) is 119 cm³/mol. The Kier molecular flexibility index (Phi) is 7.50. The highest BCUT2D eigenvalue weighted by molar-refractivity contribution is 7.89. The van der Waals surface area contributed by atoms with Crippen molar-refractivity contribution in [3.05, 3.63) is 57.6 Å². The average molecular weight is 454 g/mol. The van der Waals surface area contributed by atoms with Gasteiger partial charge in [-0.05, 0) is 63.8 Å². The lowest BCUT2D eigenvalue weighted by Crippen LogP contribution is -2.35. The van der Waals surface area contributed by atoms with Crippen molar-refractivity contribution < 1.29 is 21.0 Å². The van der Waals surface area contributed by atoms with E-state index in [9.17, 15) is 16.8 Å². The molecule has 0 N–H and O–H groups in total. The monoisotopic (exact) mass is 453 g/mol. The van der Waals surface area contributed by atoms with Crippen LogP contribution in [0, 0.1) is 41.5 Å². The number of sulfonamides is 1. The van der Waals surface area contributed by atoms with E-state index in [-0.39, 0.29) is 29.5 Å². The van der Waals surface area contributed by atoms with Crippen LogP contribution < -0.4 is 0 Å². The van der Waals surface area contributed by atoms with Gasteiger partial charge in [-0.2, -0.15) is 12.7 Å². The molecule has 0 atom stereocenters. The summed E-state index contributed by atoms with van der Waals surface area (Å²) in [6, 6.07) is 7.24. The molecule has 0 fully saturated rings. The molecule has 2 aromatic carbocycles. The molecular formula is C22H31NO5S2. The number of benzene rings is 2. The summed E-state index contributed by atoms with van der Waals surface area (Å²) in [7, 11) is -7.77. The van der Waals surface area contributed by atoms with E-state index in [1.54, 1.807) is 46.8 Å². The van der Waals surface area contributed by atoms with E-state index in [1.807, 2.05) is 26.0 Å². The number of aryl methyl sites for hydroxylation is 6. The topological polar surface area (TPSA) is 80.8 Å². The summed E-state index contributed by atoms with van der Waals surface area (Å²) in [5, 5.41) is 0. The SMILES string of the molecule is CCN(CCOS(=O)(=O)c1c(C)cc(C)cc1C)S(=O)(=O)c1c(C)cc(C)cc1C. The highest BCUT2D eigenvalue weighted by atomic mass is 32.2. The van der Waals surface area contributed by atoms with Gasteiger partial charge in [0.2, 0.25) is 10.0 Å². The Balaban J connectivity index is 2.24. The first kappa shape index (κ1) is 24.5. The molecule has 6 nitrogen and oxygen atoms in total. The summed E-state index contributed by atoms with van der Waals surface area (Å²) in [4.78, 5) is 0.409. The average Bonchev–Trinajstić information content (AvgIpc) is 2.55. The summed E-state index contributed by atoms with van der Waals surface area (Å²) < 4.78 is 58.4. The Hall–Kier alpha value is -1.74. The van der Waals surface area contributed by atoms with Gasteiger partial charge >= 0.3 is 0 Å². The fraction of sp³-hybridized carbons (Fsp3) is 0.455. The van der Waals surface area contributed by atoms with Crippen LogP contribution in [0.3, 0.4) is 0 Å². The number of hydrogen-bond donors (Lipinski definition) is 0. The van der Waals surface area contributed by atoms with Gasteiger partial charge in [0.25, 0.3) is 10.1 Å². The van der Waals surface area contributed by atoms with E-state index < -0.39 is 20.1 Å². The highest BCUT2D eigenvalue weighted by Gasteiger charge is 2.28. The number of hydrogen-bond acceptors (Lipinski definition) is 5. The van der Waals surface area contributed by atoms with Crippen LogP contribution in [-0.2, 0) is 24.3 Å².